The van der Waals surface area contributed by atoms with Crippen LogP contribution >= 0.6 is 0 Å². The van der Waals surface area contributed by atoms with Crippen LogP contribution in [0.1, 0.15) is 31.7 Å². The van der Waals surface area contributed by atoms with Gasteiger partial charge in [0, 0.05) is 12.8 Å². The summed E-state index contributed by atoms with van der Waals surface area (Å²) < 4.78 is 0. The number of carboxylic acids is 3. The van der Waals surface area contributed by atoms with E-state index in [2.05, 4.69) is 16.0 Å². The molecule has 15 nitrogen and oxygen atoms in total. The van der Waals surface area contributed by atoms with Crippen molar-refractivity contribution >= 4 is 41.5 Å². The van der Waals surface area contributed by atoms with Crippen LogP contribution in [0.4, 0.5) is 0 Å². The molecule has 0 aliphatic carbocycles. The van der Waals surface area contributed by atoms with Crippen molar-refractivity contribution in [3.63, 3.8) is 0 Å². The lowest BCUT2D eigenvalue weighted by molar-refractivity contribution is -0.144. The average molecular weight is 538 g/mol. The first-order valence-electron chi connectivity index (χ1n) is 11.4. The highest BCUT2D eigenvalue weighted by molar-refractivity contribution is 5.96. The summed E-state index contributed by atoms with van der Waals surface area (Å²) in [7, 11) is 0. The Morgan fingerprint density at radius 3 is 1.87 bits per heavy atom. The van der Waals surface area contributed by atoms with Gasteiger partial charge in [-0.1, -0.05) is 30.3 Å². The number of benzene rings is 1. The van der Waals surface area contributed by atoms with Gasteiger partial charge in [-0.15, -0.1) is 0 Å². The maximum atomic E-state index is 12.8. The molecule has 0 fully saturated rings. The van der Waals surface area contributed by atoms with E-state index in [0.29, 0.717) is 5.56 Å². The third-order valence-corrected chi connectivity index (χ3v) is 5.14. The van der Waals surface area contributed by atoms with Crippen molar-refractivity contribution in [1.82, 2.24) is 21.3 Å². The van der Waals surface area contributed by atoms with E-state index < -0.39 is 85.0 Å². The molecule has 0 aliphatic rings. The number of amides is 4. The van der Waals surface area contributed by atoms with Crippen molar-refractivity contribution in [2.24, 2.45) is 5.73 Å². The number of hydrogen-bond acceptors (Lipinski definition) is 8. The molecule has 208 valence electrons. The van der Waals surface area contributed by atoms with Crippen LogP contribution in [0, 0.1) is 0 Å². The van der Waals surface area contributed by atoms with Crippen molar-refractivity contribution < 1.29 is 48.9 Å². The molecule has 0 unspecified atom stereocenters. The predicted octanol–water partition coefficient (Wildman–Crippen LogP) is -2.43. The van der Waals surface area contributed by atoms with Crippen LogP contribution in [-0.2, 0) is 40.0 Å². The van der Waals surface area contributed by atoms with Gasteiger partial charge in [0.15, 0.2) is 0 Å². The molecule has 0 radical (unpaired) electrons. The molecule has 0 spiro atoms. The van der Waals surface area contributed by atoms with Gasteiger partial charge < -0.3 is 42.3 Å². The molecule has 38 heavy (non-hydrogen) atoms. The van der Waals surface area contributed by atoms with E-state index in [1.165, 1.54) is 6.92 Å². The lowest BCUT2D eigenvalue weighted by Gasteiger charge is -2.24. The second-order valence-electron chi connectivity index (χ2n) is 8.24. The largest absolute Gasteiger partial charge is 0.481 e. The number of hydrogen-bond donors (Lipinski definition) is 8. The molecule has 0 aliphatic heterocycles. The highest BCUT2D eigenvalue weighted by Crippen LogP contribution is 2.05. The molecule has 0 aromatic heterocycles. The maximum Gasteiger partial charge on any atom is 0.326 e. The summed E-state index contributed by atoms with van der Waals surface area (Å²) in [5.41, 5.74) is 6.02. The molecule has 0 bridgehead atoms. The van der Waals surface area contributed by atoms with Crippen LogP contribution in [0.3, 0.4) is 0 Å². The van der Waals surface area contributed by atoms with E-state index >= 15 is 0 Å². The molecule has 4 amide bonds. The normalized spacial score (nSPS) is 13.6. The minimum Gasteiger partial charge on any atom is -0.481 e. The summed E-state index contributed by atoms with van der Waals surface area (Å²) in [5.74, 6) is -7.87. The van der Waals surface area contributed by atoms with Gasteiger partial charge in [-0.3, -0.25) is 28.8 Å². The summed E-state index contributed by atoms with van der Waals surface area (Å²) in [6, 6.07) is 2.89. The molecule has 4 atom stereocenters. The molecule has 0 heterocycles. The first-order valence-corrected chi connectivity index (χ1v) is 11.4. The zero-order valence-corrected chi connectivity index (χ0v) is 20.5. The van der Waals surface area contributed by atoms with Gasteiger partial charge in [0.2, 0.25) is 23.6 Å². The molecule has 0 saturated carbocycles. The zero-order chi connectivity index (χ0) is 28.8. The number of rotatable bonds is 16. The summed E-state index contributed by atoms with van der Waals surface area (Å²) in [5, 5.41) is 36.0. The molecular weight excluding hydrogens is 506 g/mol. The first-order chi connectivity index (χ1) is 17.8. The van der Waals surface area contributed by atoms with Gasteiger partial charge in [-0.2, -0.15) is 0 Å². The standard InChI is InChI=1S/C23H31N5O10/c1-12(25-21(35)15(26-17(29)11-24)9-13-5-3-2-4-6-13)20(34)28-16(10-19(32)33)22(36)27-14(23(37)38)7-8-18(30)31/h2-6,12,14-16H,7-11,24H2,1H3,(H,25,35)(H,26,29)(H,27,36)(H,28,34)(H,30,31)(H,32,33)(H,37,38)/t12-,14-,15+,16-/m0/s1. The van der Waals surface area contributed by atoms with Crippen LogP contribution in [0.2, 0.25) is 0 Å². The third kappa shape index (κ3) is 11.5. The highest BCUT2D eigenvalue weighted by atomic mass is 16.4. The van der Waals surface area contributed by atoms with Gasteiger partial charge in [-0.25, -0.2) is 4.79 Å². The summed E-state index contributed by atoms with van der Waals surface area (Å²) in [6.07, 6.45) is -1.91. The van der Waals surface area contributed by atoms with Gasteiger partial charge in [0.25, 0.3) is 0 Å². The fourth-order valence-corrected chi connectivity index (χ4v) is 3.17. The molecule has 1 aromatic carbocycles. The first kappa shape index (κ1) is 31.5. The number of carbonyl (C=O) groups excluding carboxylic acids is 4. The number of nitrogens with two attached hydrogens (primary N) is 1. The van der Waals surface area contributed by atoms with Crippen molar-refractivity contribution in [3.8, 4) is 0 Å². The Morgan fingerprint density at radius 1 is 0.763 bits per heavy atom. The van der Waals surface area contributed by atoms with Gasteiger partial charge in [0.1, 0.15) is 24.2 Å². The summed E-state index contributed by atoms with van der Waals surface area (Å²) >= 11 is 0. The van der Waals surface area contributed by atoms with Gasteiger partial charge >= 0.3 is 17.9 Å². The minimum absolute atomic E-state index is 0.0731. The third-order valence-electron chi connectivity index (χ3n) is 5.14. The van der Waals surface area contributed by atoms with Crippen LogP contribution < -0.4 is 27.0 Å². The van der Waals surface area contributed by atoms with Crippen LogP contribution in [-0.4, -0.2) is 87.6 Å². The SMILES string of the molecule is C[C@H](NC(=O)[C@@H](Cc1ccccc1)NC(=O)CN)C(=O)N[C@@H](CC(=O)O)C(=O)N[C@@H](CCC(=O)O)C(=O)O. The molecular formula is C23H31N5O10. The maximum absolute atomic E-state index is 12.8. The highest BCUT2D eigenvalue weighted by Gasteiger charge is 2.31. The van der Waals surface area contributed by atoms with Crippen molar-refractivity contribution in [3.05, 3.63) is 35.9 Å². The fraction of sp³-hybridized carbons (Fsp3) is 0.435. The Bertz CT molecular complexity index is 1030. The second kappa shape index (κ2) is 15.6. The lowest BCUT2D eigenvalue weighted by Crippen LogP contribution is -2.57. The number of aliphatic carboxylic acids is 3. The smallest absolute Gasteiger partial charge is 0.326 e. The second-order valence-corrected chi connectivity index (χ2v) is 8.24. The Balaban J connectivity index is 2.92. The molecule has 1 rings (SSSR count). The van der Waals surface area contributed by atoms with Crippen LogP contribution in [0.25, 0.3) is 0 Å². The van der Waals surface area contributed by atoms with Crippen molar-refractivity contribution in [2.45, 2.75) is 56.8 Å². The summed E-state index contributed by atoms with van der Waals surface area (Å²) in [4.78, 5) is 83.1. The van der Waals surface area contributed by atoms with E-state index in [4.69, 9.17) is 15.9 Å². The number of nitrogens with one attached hydrogen (secondary N) is 4. The average Bonchev–Trinajstić information content (AvgIpc) is 2.85. The topological polar surface area (TPSA) is 254 Å². The fourth-order valence-electron chi connectivity index (χ4n) is 3.17. The van der Waals surface area contributed by atoms with E-state index in [-0.39, 0.29) is 13.0 Å². The van der Waals surface area contributed by atoms with Crippen LogP contribution in [0.15, 0.2) is 30.3 Å². The van der Waals surface area contributed by atoms with E-state index in [9.17, 15) is 38.7 Å². The number of carboxylic acid groups (broad SMARTS) is 3. The predicted molar refractivity (Wildman–Crippen MR) is 129 cm³/mol. The Hall–Kier alpha value is -4.53. The zero-order valence-electron chi connectivity index (χ0n) is 20.5. The van der Waals surface area contributed by atoms with Crippen LogP contribution in [0.5, 0.6) is 0 Å². The Labute approximate surface area is 217 Å². The van der Waals surface area contributed by atoms with Gasteiger partial charge in [-0.05, 0) is 18.9 Å². The summed E-state index contributed by atoms with van der Waals surface area (Å²) in [6.45, 7) is 0.866. The lowest BCUT2D eigenvalue weighted by atomic mass is 10.0. The molecule has 15 heteroatoms. The van der Waals surface area contributed by atoms with Gasteiger partial charge in [0.05, 0.1) is 13.0 Å². The number of carbonyl (C=O) groups is 7. The van der Waals surface area contributed by atoms with Crippen molar-refractivity contribution in [2.75, 3.05) is 6.54 Å². The Morgan fingerprint density at radius 2 is 1.34 bits per heavy atom. The molecule has 9 N–H and O–H groups in total. The van der Waals surface area contributed by atoms with E-state index in [1.54, 1.807) is 30.3 Å². The monoisotopic (exact) mass is 537 g/mol. The Kier molecular flexibility index (Phi) is 12.9. The molecule has 0 saturated heterocycles. The minimum atomic E-state index is -1.73. The van der Waals surface area contributed by atoms with E-state index in [0.717, 1.165) is 0 Å². The quantitative estimate of drug-likeness (QED) is 0.110. The molecule has 1 aromatic rings. The van der Waals surface area contributed by atoms with E-state index in [1.807, 2.05) is 5.32 Å². The van der Waals surface area contributed by atoms with Crippen molar-refractivity contribution in [1.29, 1.82) is 0 Å².